The van der Waals surface area contributed by atoms with E-state index in [0.29, 0.717) is 30.6 Å². The highest BCUT2D eigenvalue weighted by Crippen LogP contribution is 2.53. The highest BCUT2D eigenvalue weighted by Gasteiger charge is 2.48. The molecule has 3 rings (SSSR count). The number of ether oxygens (including phenoxy) is 3. The van der Waals surface area contributed by atoms with Gasteiger partial charge in [0.15, 0.2) is 12.1 Å². The SMILES string of the molecule is CC#CCC(C)C(=O)/C=C/[C@@H]1C2CC(CCCC(=O)OC)CC2C[C@H]1OC1CCCCO1. The Morgan fingerprint density at radius 2 is 2.06 bits per heavy atom. The molecule has 0 aromatic heterocycles. The van der Waals surface area contributed by atoms with Gasteiger partial charge in [0.2, 0.25) is 0 Å². The van der Waals surface area contributed by atoms with Crippen molar-refractivity contribution in [3.63, 3.8) is 0 Å². The Morgan fingerprint density at radius 1 is 1.22 bits per heavy atom. The summed E-state index contributed by atoms with van der Waals surface area (Å²) < 4.78 is 17.1. The second-order valence-corrected chi connectivity index (χ2v) is 9.81. The summed E-state index contributed by atoms with van der Waals surface area (Å²) in [6, 6.07) is 0. The van der Waals surface area contributed by atoms with Crippen LogP contribution in [0.15, 0.2) is 12.2 Å². The zero-order valence-corrected chi connectivity index (χ0v) is 20.0. The van der Waals surface area contributed by atoms with Crippen molar-refractivity contribution in [2.75, 3.05) is 13.7 Å². The van der Waals surface area contributed by atoms with E-state index in [9.17, 15) is 9.59 Å². The molecule has 0 aromatic carbocycles. The maximum Gasteiger partial charge on any atom is 0.305 e. The van der Waals surface area contributed by atoms with Gasteiger partial charge in [-0.05, 0) is 82.1 Å². The lowest BCUT2D eigenvalue weighted by atomic mass is 9.88. The van der Waals surface area contributed by atoms with Crippen molar-refractivity contribution in [1.29, 1.82) is 0 Å². The summed E-state index contributed by atoms with van der Waals surface area (Å²) in [6.07, 6.45) is 13.6. The van der Waals surface area contributed by atoms with Crippen molar-refractivity contribution in [3.05, 3.63) is 12.2 Å². The van der Waals surface area contributed by atoms with Crippen molar-refractivity contribution < 1.29 is 23.8 Å². The van der Waals surface area contributed by atoms with E-state index in [1.807, 2.05) is 13.8 Å². The number of allylic oxidation sites excluding steroid dienone is 1. The molecule has 0 aromatic rings. The lowest BCUT2D eigenvalue weighted by molar-refractivity contribution is -0.193. The minimum absolute atomic E-state index is 0.0772. The number of carbonyl (C=O) groups excluding carboxylic acids is 2. The number of methoxy groups -OCH3 is 1. The van der Waals surface area contributed by atoms with E-state index < -0.39 is 0 Å². The maximum atomic E-state index is 12.6. The Balaban J connectivity index is 1.62. The average molecular weight is 445 g/mol. The van der Waals surface area contributed by atoms with Gasteiger partial charge in [-0.1, -0.05) is 13.0 Å². The minimum atomic E-state index is -0.120. The summed E-state index contributed by atoms with van der Waals surface area (Å²) in [4.78, 5) is 24.1. The summed E-state index contributed by atoms with van der Waals surface area (Å²) in [5, 5.41) is 0. The lowest BCUT2D eigenvalue weighted by Gasteiger charge is -2.29. The van der Waals surface area contributed by atoms with Gasteiger partial charge in [-0.2, -0.15) is 0 Å². The van der Waals surface area contributed by atoms with E-state index in [1.54, 1.807) is 6.08 Å². The first-order valence-electron chi connectivity index (χ1n) is 12.5. The third kappa shape index (κ3) is 6.93. The van der Waals surface area contributed by atoms with Crippen LogP contribution in [0, 0.1) is 41.4 Å². The monoisotopic (exact) mass is 444 g/mol. The second-order valence-electron chi connectivity index (χ2n) is 9.81. The van der Waals surface area contributed by atoms with E-state index in [4.69, 9.17) is 14.2 Å². The molecule has 1 heterocycles. The maximum absolute atomic E-state index is 12.6. The molecule has 1 saturated heterocycles. The molecule has 0 bridgehead atoms. The van der Waals surface area contributed by atoms with Crippen molar-refractivity contribution in [2.24, 2.45) is 29.6 Å². The van der Waals surface area contributed by atoms with Gasteiger partial charge in [0.1, 0.15) is 0 Å². The fraction of sp³-hybridized carbons (Fsp3) is 0.778. The number of hydrogen-bond acceptors (Lipinski definition) is 5. The van der Waals surface area contributed by atoms with Crippen molar-refractivity contribution >= 4 is 11.8 Å². The van der Waals surface area contributed by atoms with Gasteiger partial charge in [-0.15, -0.1) is 11.8 Å². The number of ketones is 1. The number of hydrogen-bond donors (Lipinski definition) is 0. The Labute approximate surface area is 193 Å². The first kappa shape index (κ1) is 25.0. The molecule has 5 heteroatoms. The van der Waals surface area contributed by atoms with Gasteiger partial charge < -0.3 is 14.2 Å². The number of carbonyl (C=O) groups is 2. The van der Waals surface area contributed by atoms with Gasteiger partial charge in [-0.3, -0.25) is 9.59 Å². The smallest absolute Gasteiger partial charge is 0.305 e. The molecule has 2 aliphatic carbocycles. The van der Waals surface area contributed by atoms with Gasteiger partial charge in [0, 0.05) is 31.3 Å². The molecular formula is C27H40O5. The van der Waals surface area contributed by atoms with E-state index in [0.717, 1.165) is 51.6 Å². The van der Waals surface area contributed by atoms with Crippen LogP contribution in [0.4, 0.5) is 0 Å². The van der Waals surface area contributed by atoms with Crippen LogP contribution in [0.25, 0.3) is 0 Å². The normalized spacial score (nSPS) is 32.8. The molecule has 2 saturated carbocycles. The number of fused-ring (bicyclic) bond motifs is 1. The highest BCUT2D eigenvalue weighted by molar-refractivity contribution is 5.91. The van der Waals surface area contributed by atoms with Crippen LogP contribution in [-0.2, 0) is 23.8 Å². The van der Waals surface area contributed by atoms with Gasteiger partial charge >= 0.3 is 5.97 Å². The van der Waals surface area contributed by atoms with Gasteiger partial charge in [-0.25, -0.2) is 0 Å². The van der Waals surface area contributed by atoms with Crippen LogP contribution in [0.3, 0.4) is 0 Å². The molecule has 5 unspecified atom stereocenters. The topological polar surface area (TPSA) is 61.8 Å². The molecule has 3 aliphatic rings. The zero-order valence-electron chi connectivity index (χ0n) is 20.0. The first-order valence-corrected chi connectivity index (χ1v) is 12.5. The minimum Gasteiger partial charge on any atom is -0.469 e. The molecule has 32 heavy (non-hydrogen) atoms. The fourth-order valence-electron chi connectivity index (χ4n) is 5.78. The second kappa shape index (κ2) is 12.6. The summed E-state index contributed by atoms with van der Waals surface area (Å²) >= 11 is 0. The molecule has 0 N–H and O–H groups in total. The van der Waals surface area contributed by atoms with Crippen LogP contribution >= 0.6 is 0 Å². The highest BCUT2D eigenvalue weighted by atomic mass is 16.7. The predicted molar refractivity (Wildman–Crippen MR) is 124 cm³/mol. The zero-order chi connectivity index (χ0) is 22.9. The van der Waals surface area contributed by atoms with E-state index in [1.165, 1.54) is 13.5 Å². The summed E-state index contributed by atoms with van der Waals surface area (Å²) in [7, 11) is 1.45. The van der Waals surface area contributed by atoms with Crippen LogP contribution in [0.2, 0.25) is 0 Å². The average Bonchev–Trinajstić information content (AvgIpc) is 3.33. The molecule has 0 radical (unpaired) electrons. The van der Waals surface area contributed by atoms with Crippen LogP contribution in [-0.4, -0.2) is 37.9 Å². The Kier molecular flexibility index (Phi) is 9.81. The van der Waals surface area contributed by atoms with Gasteiger partial charge in [0.05, 0.1) is 13.2 Å². The number of rotatable bonds is 10. The summed E-state index contributed by atoms with van der Waals surface area (Å²) in [5.41, 5.74) is 0. The van der Waals surface area contributed by atoms with Crippen molar-refractivity contribution in [1.82, 2.24) is 0 Å². The van der Waals surface area contributed by atoms with Crippen LogP contribution in [0.5, 0.6) is 0 Å². The fourth-order valence-corrected chi connectivity index (χ4v) is 5.78. The van der Waals surface area contributed by atoms with Gasteiger partial charge in [0.25, 0.3) is 0 Å². The molecule has 1 aliphatic heterocycles. The Bertz CT molecular complexity index is 711. The molecule has 0 amide bonds. The Hall–Kier alpha value is -1.64. The van der Waals surface area contributed by atoms with Crippen LogP contribution < -0.4 is 0 Å². The molecule has 7 atom stereocenters. The lowest BCUT2D eigenvalue weighted by Crippen LogP contribution is -2.31. The quantitative estimate of drug-likeness (QED) is 0.267. The third-order valence-electron chi connectivity index (χ3n) is 7.54. The summed E-state index contributed by atoms with van der Waals surface area (Å²) in [6.45, 7) is 4.54. The number of esters is 1. The molecule has 178 valence electrons. The van der Waals surface area contributed by atoms with E-state index in [2.05, 4.69) is 17.9 Å². The first-order chi connectivity index (χ1) is 15.5. The van der Waals surface area contributed by atoms with E-state index >= 15 is 0 Å². The molecule has 5 nitrogen and oxygen atoms in total. The molecule has 0 spiro atoms. The third-order valence-corrected chi connectivity index (χ3v) is 7.54. The largest absolute Gasteiger partial charge is 0.469 e. The summed E-state index contributed by atoms with van der Waals surface area (Å²) in [5.74, 6) is 7.91. The van der Waals surface area contributed by atoms with Crippen molar-refractivity contribution in [2.45, 2.75) is 90.4 Å². The Morgan fingerprint density at radius 3 is 2.78 bits per heavy atom. The van der Waals surface area contributed by atoms with Crippen molar-refractivity contribution in [3.8, 4) is 11.8 Å². The molecular weight excluding hydrogens is 404 g/mol. The predicted octanol–water partition coefficient (Wildman–Crippen LogP) is 5.08. The standard InChI is InChI=1S/C27H40O5/c1-4-5-9-19(2)24(28)14-13-22-23-17-20(10-8-11-26(29)30-3)16-21(23)18-25(22)32-27-12-6-7-15-31-27/h13-14,19-23,25,27H,6-12,15-18H2,1-3H3/b14-13+/t19?,20?,21?,22-,23?,25-,27?/m1/s1. The van der Waals surface area contributed by atoms with Crippen LogP contribution in [0.1, 0.15) is 78.1 Å². The molecule has 3 fully saturated rings. The van der Waals surface area contributed by atoms with E-state index in [-0.39, 0.29) is 36.0 Å².